The number of nitrogens with one attached hydrogen (secondary N) is 1. The van der Waals surface area contributed by atoms with Crippen LogP contribution in [0.4, 0.5) is 10.1 Å². The van der Waals surface area contributed by atoms with Gasteiger partial charge in [0.2, 0.25) is 0 Å². The lowest BCUT2D eigenvalue weighted by Gasteiger charge is -2.39. The Hall–Kier alpha value is -1.09. The number of rotatable bonds is 5. The van der Waals surface area contributed by atoms with Gasteiger partial charge in [-0.3, -0.25) is 0 Å². The SMILES string of the molecule is CCCNCc1c(F)cccc1N1CCC(C)CC1C. The molecule has 1 aromatic carbocycles. The van der Waals surface area contributed by atoms with Crippen molar-refractivity contribution in [2.45, 2.75) is 52.6 Å². The molecule has 1 aliphatic heterocycles. The first-order valence-electron chi connectivity index (χ1n) is 7.88. The number of hydrogen-bond acceptors (Lipinski definition) is 2. The van der Waals surface area contributed by atoms with E-state index in [1.54, 1.807) is 6.07 Å². The van der Waals surface area contributed by atoms with Crippen LogP contribution in [0, 0.1) is 11.7 Å². The Morgan fingerprint density at radius 3 is 2.85 bits per heavy atom. The quantitative estimate of drug-likeness (QED) is 0.820. The van der Waals surface area contributed by atoms with Crippen LogP contribution in [0.2, 0.25) is 0 Å². The van der Waals surface area contributed by atoms with Gasteiger partial charge >= 0.3 is 0 Å². The van der Waals surface area contributed by atoms with Crippen LogP contribution in [0.5, 0.6) is 0 Å². The Morgan fingerprint density at radius 1 is 1.35 bits per heavy atom. The first kappa shape index (κ1) is 15.3. The van der Waals surface area contributed by atoms with Crippen LogP contribution >= 0.6 is 0 Å². The third kappa shape index (κ3) is 3.51. The molecule has 0 aromatic heterocycles. The first-order valence-corrected chi connectivity index (χ1v) is 7.88. The van der Waals surface area contributed by atoms with Gasteiger partial charge in [0.05, 0.1) is 0 Å². The second kappa shape index (κ2) is 7.07. The molecule has 0 amide bonds. The summed E-state index contributed by atoms with van der Waals surface area (Å²) in [5, 5.41) is 3.33. The Kier molecular flexibility index (Phi) is 5.41. The highest BCUT2D eigenvalue weighted by molar-refractivity contribution is 5.55. The minimum absolute atomic E-state index is 0.0862. The van der Waals surface area contributed by atoms with E-state index in [2.05, 4.69) is 37.1 Å². The van der Waals surface area contributed by atoms with E-state index >= 15 is 0 Å². The van der Waals surface area contributed by atoms with Crippen molar-refractivity contribution in [3.63, 3.8) is 0 Å². The Labute approximate surface area is 122 Å². The van der Waals surface area contributed by atoms with Crippen molar-refractivity contribution in [3.05, 3.63) is 29.6 Å². The minimum atomic E-state index is -0.0862. The van der Waals surface area contributed by atoms with Crippen LogP contribution < -0.4 is 10.2 Å². The van der Waals surface area contributed by atoms with E-state index in [0.717, 1.165) is 36.7 Å². The van der Waals surface area contributed by atoms with E-state index in [4.69, 9.17) is 0 Å². The minimum Gasteiger partial charge on any atom is -0.368 e. The molecule has 0 saturated carbocycles. The summed E-state index contributed by atoms with van der Waals surface area (Å²) in [6.45, 7) is 9.28. The van der Waals surface area contributed by atoms with E-state index < -0.39 is 0 Å². The second-order valence-corrected chi connectivity index (χ2v) is 6.09. The summed E-state index contributed by atoms with van der Waals surface area (Å²) in [6.07, 6.45) is 3.46. The normalized spacial score (nSPS) is 23.1. The molecule has 0 aliphatic carbocycles. The number of halogens is 1. The van der Waals surface area contributed by atoms with E-state index in [9.17, 15) is 4.39 Å². The number of nitrogens with zero attached hydrogens (tertiary/aromatic N) is 1. The third-order valence-electron chi connectivity index (χ3n) is 4.27. The second-order valence-electron chi connectivity index (χ2n) is 6.09. The maximum Gasteiger partial charge on any atom is 0.129 e. The number of piperidine rings is 1. The average molecular weight is 278 g/mol. The number of benzene rings is 1. The zero-order chi connectivity index (χ0) is 14.5. The van der Waals surface area contributed by atoms with Gasteiger partial charge in [-0.2, -0.15) is 0 Å². The molecule has 112 valence electrons. The zero-order valence-electron chi connectivity index (χ0n) is 13.0. The highest BCUT2D eigenvalue weighted by atomic mass is 19.1. The standard InChI is InChI=1S/C17H27FN2/c1-4-9-19-12-15-16(18)6-5-7-17(15)20-10-8-13(2)11-14(20)3/h5-7,13-14,19H,4,8-12H2,1-3H3. The summed E-state index contributed by atoms with van der Waals surface area (Å²) >= 11 is 0. The van der Waals surface area contributed by atoms with Crippen LogP contribution in [0.1, 0.15) is 45.6 Å². The average Bonchev–Trinajstić information content (AvgIpc) is 2.41. The van der Waals surface area contributed by atoms with Gasteiger partial charge in [-0.25, -0.2) is 4.39 Å². The predicted octanol–water partition coefficient (Wildman–Crippen LogP) is 3.95. The molecular formula is C17H27FN2. The molecule has 3 heteroatoms. The summed E-state index contributed by atoms with van der Waals surface area (Å²) in [4.78, 5) is 2.38. The molecule has 1 aromatic rings. The molecule has 1 N–H and O–H groups in total. The van der Waals surface area contributed by atoms with Crippen molar-refractivity contribution in [2.75, 3.05) is 18.0 Å². The fourth-order valence-corrected chi connectivity index (χ4v) is 3.15. The fraction of sp³-hybridized carbons (Fsp3) is 0.647. The van der Waals surface area contributed by atoms with Crippen LogP contribution in [-0.4, -0.2) is 19.1 Å². The molecule has 2 unspecified atom stereocenters. The van der Waals surface area contributed by atoms with E-state index in [0.29, 0.717) is 12.6 Å². The van der Waals surface area contributed by atoms with Crippen LogP contribution in [0.25, 0.3) is 0 Å². The molecule has 0 bridgehead atoms. The van der Waals surface area contributed by atoms with Crippen molar-refractivity contribution in [2.24, 2.45) is 5.92 Å². The third-order valence-corrected chi connectivity index (χ3v) is 4.27. The monoisotopic (exact) mass is 278 g/mol. The summed E-state index contributed by atoms with van der Waals surface area (Å²) < 4.78 is 14.2. The van der Waals surface area contributed by atoms with Crippen LogP contribution in [0.3, 0.4) is 0 Å². The molecule has 20 heavy (non-hydrogen) atoms. The molecule has 1 saturated heterocycles. The summed E-state index contributed by atoms with van der Waals surface area (Å²) in [5.41, 5.74) is 1.90. The largest absolute Gasteiger partial charge is 0.368 e. The highest BCUT2D eigenvalue weighted by Crippen LogP contribution is 2.31. The van der Waals surface area contributed by atoms with Gasteiger partial charge in [-0.15, -0.1) is 0 Å². The van der Waals surface area contributed by atoms with E-state index in [1.165, 1.54) is 12.8 Å². The summed E-state index contributed by atoms with van der Waals surface area (Å²) in [7, 11) is 0. The molecule has 2 atom stereocenters. The maximum atomic E-state index is 14.2. The Bertz CT molecular complexity index is 433. The number of anilines is 1. The van der Waals surface area contributed by atoms with Gasteiger partial charge in [-0.1, -0.05) is 19.9 Å². The first-order chi connectivity index (χ1) is 9.63. The Morgan fingerprint density at radius 2 is 2.15 bits per heavy atom. The van der Waals surface area contributed by atoms with Crippen molar-refractivity contribution in [1.82, 2.24) is 5.32 Å². The molecule has 2 rings (SSSR count). The summed E-state index contributed by atoms with van der Waals surface area (Å²) in [6, 6.07) is 5.96. The van der Waals surface area contributed by atoms with Gasteiger partial charge in [0.1, 0.15) is 5.82 Å². The molecule has 0 spiro atoms. The van der Waals surface area contributed by atoms with Gasteiger partial charge < -0.3 is 10.2 Å². The van der Waals surface area contributed by atoms with E-state index in [-0.39, 0.29) is 5.82 Å². The van der Waals surface area contributed by atoms with E-state index in [1.807, 2.05) is 6.07 Å². The lowest BCUT2D eigenvalue weighted by Crippen LogP contribution is -2.41. The smallest absolute Gasteiger partial charge is 0.129 e. The van der Waals surface area contributed by atoms with Crippen molar-refractivity contribution < 1.29 is 4.39 Å². The fourth-order valence-electron chi connectivity index (χ4n) is 3.15. The predicted molar refractivity (Wildman–Crippen MR) is 83.6 cm³/mol. The van der Waals surface area contributed by atoms with Crippen molar-refractivity contribution >= 4 is 5.69 Å². The molecule has 1 fully saturated rings. The lowest BCUT2D eigenvalue weighted by molar-refractivity contribution is 0.376. The molecule has 0 radical (unpaired) electrons. The molecule has 1 aliphatic rings. The maximum absolute atomic E-state index is 14.2. The van der Waals surface area contributed by atoms with Gasteiger partial charge in [0, 0.05) is 30.4 Å². The van der Waals surface area contributed by atoms with Gasteiger partial charge in [-0.05, 0) is 50.8 Å². The van der Waals surface area contributed by atoms with Crippen LogP contribution in [0.15, 0.2) is 18.2 Å². The lowest BCUT2D eigenvalue weighted by atomic mass is 9.92. The zero-order valence-corrected chi connectivity index (χ0v) is 13.0. The number of hydrogen-bond donors (Lipinski definition) is 1. The van der Waals surface area contributed by atoms with Crippen molar-refractivity contribution in [1.29, 1.82) is 0 Å². The van der Waals surface area contributed by atoms with Gasteiger partial charge in [0.25, 0.3) is 0 Å². The van der Waals surface area contributed by atoms with Crippen molar-refractivity contribution in [3.8, 4) is 0 Å². The molecule has 2 nitrogen and oxygen atoms in total. The van der Waals surface area contributed by atoms with Gasteiger partial charge in [0.15, 0.2) is 0 Å². The Balaban J connectivity index is 2.19. The highest BCUT2D eigenvalue weighted by Gasteiger charge is 2.25. The molecule has 1 heterocycles. The van der Waals surface area contributed by atoms with Crippen LogP contribution in [-0.2, 0) is 6.54 Å². The molecular weight excluding hydrogens is 251 g/mol. The topological polar surface area (TPSA) is 15.3 Å². The summed E-state index contributed by atoms with van der Waals surface area (Å²) in [5.74, 6) is 0.688.